The SMILES string of the molecule is N#Cc1cc(-c2ccc(F)cc2)cc(-c2cc[nH]n2)c1. The number of nitrogens with one attached hydrogen (secondary N) is 1. The molecular weight excluding hydrogens is 253 g/mol. The number of halogens is 1. The highest BCUT2D eigenvalue weighted by molar-refractivity contribution is 5.73. The third kappa shape index (κ3) is 2.29. The smallest absolute Gasteiger partial charge is 0.123 e. The first-order chi connectivity index (χ1) is 9.76. The quantitative estimate of drug-likeness (QED) is 0.765. The number of aromatic amines is 1. The minimum absolute atomic E-state index is 0.280. The van der Waals surface area contributed by atoms with Gasteiger partial charge in [0.05, 0.1) is 17.3 Å². The third-order valence-electron chi connectivity index (χ3n) is 3.04. The maximum absolute atomic E-state index is 13.0. The standard InChI is InChI=1S/C16H10FN3/c17-15-3-1-12(2-4-15)13-7-11(10-18)8-14(9-13)16-5-6-19-20-16/h1-9H,(H,19,20). The molecule has 0 bridgehead atoms. The Morgan fingerprint density at radius 2 is 1.70 bits per heavy atom. The van der Waals surface area contributed by atoms with Crippen LogP contribution in [-0.4, -0.2) is 10.2 Å². The number of nitrogens with zero attached hydrogens (tertiary/aromatic N) is 2. The molecule has 20 heavy (non-hydrogen) atoms. The van der Waals surface area contributed by atoms with Gasteiger partial charge in [-0.2, -0.15) is 10.4 Å². The summed E-state index contributed by atoms with van der Waals surface area (Å²) >= 11 is 0. The van der Waals surface area contributed by atoms with E-state index in [4.69, 9.17) is 5.26 Å². The second kappa shape index (κ2) is 4.98. The van der Waals surface area contributed by atoms with Crippen molar-refractivity contribution in [3.8, 4) is 28.5 Å². The Hall–Kier alpha value is -2.93. The number of H-pyrrole nitrogens is 1. The summed E-state index contributed by atoms with van der Waals surface area (Å²) in [4.78, 5) is 0. The fourth-order valence-corrected chi connectivity index (χ4v) is 2.07. The van der Waals surface area contributed by atoms with Gasteiger partial charge in [-0.1, -0.05) is 12.1 Å². The summed E-state index contributed by atoms with van der Waals surface area (Å²) in [5.74, 6) is -0.280. The van der Waals surface area contributed by atoms with E-state index in [1.54, 1.807) is 30.5 Å². The topological polar surface area (TPSA) is 52.5 Å². The van der Waals surface area contributed by atoms with Crippen LogP contribution in [-0.2, 0) is 0 Å². The molecule has 2 aromatic carbocycles. The normalized spacial score (nSPS) is 10.2. The molecule has 0 radical (unpaired) electrons. The molecule has 0 amide bonds. The molecule has 96 valence electrons. The van der Waals surface area contributed by atoms with Gasteiger partial charge in [-0.25, -0.2) is 4.39 Å². The van der Waals surface area contributed by atoms with Crippen LogP contribution in [0.25, 0.3) is 22.4 Å². The molecule has 0 unspecified atom stereocenters. The van der Waals surface area contributed by atoms with Crippen molar-refractivity contribution >= 4 is 0 Å². The second-order valence-electron chi connectivity index (χ2n) is 4.38. The number of hydrogen-bond donors (Lipinski definition) is 1. The van der Waals surface area contributed by atoms with E-state index in [0.29, 0.717) is 5.56 Å². The van der Waals surface area contributed by atoms with Crippen molar-refractivity contribution in [1.29, 1.82) is 5.26 Å². The summed E-state index contributed by atoms with van der Waals surface area (Å²) in [5, 5.41) is 16.0. The Morgan fingerprint density at radius 3 is 2.35 bits per heavy atom. The highest BCUT2D eigenvalue weighted by Gasteiger charge is 2.06. The zero-order chi connectivity index (χ0) is 13.9. The molecule has 3 aromatic rings. The maximum Gasteiger partial charge on any atom is 0.123 e. The average molecular weight is 263 g/mol. The van der Waals surface area contributed by atoms with Crippen LogP contribution in [0.4, 0.5) is 4.39 Å². The summed E-state index contributed by atoms with van der Waals surface area (Å²) in [6.45, 7) is 0. The lowest BCUT2D eigenvalue weighted by atomic mass is 9.99. The molecule has 0 aliphatic carbocycles. The molecule has 1 heterocycles. The summed E-state index contributed by atoms with van der Waals surface area (Å²) < 4.78 is 13.0. The van der Waals surface area contributed by atoms with Gasteiger partial charge in [-0.15, -0.1) is 0 Å². The fourth-order valence-electron chi connectivity index (χ4n) is 2.07. The number of hydrogen-bond acceptors (Lipinski definition) is 2. The molecule has 3 rings (SSSR count). The van der Waals surface area contributed by atoms with Crippen molar-refractivity contribution in [3.05, 3.63) is 66.1 Å². The van der Waals surface area contributed by atoms with Crippen LogP contribution in [0.5, 0.6) is 0 Å². The van der Waals surface area contributed by atoms with Crippen molar-refractivity contribution in [1.82, 2.24) is 10.2 Å². The Bertz CT molecular complexity index is 768. The molecule has 0 saturated heterocycles. The third-order valence-corrected chi connectivity index (χ3v) is 3.04. The monoisotopic (exact) mass is 263 g/mol. The molecule has 4 heteroatoms. The van der Waals surface area contributed by atoms with E-state index >= 15 is 0 Å². The van der Waals surface area contributed by atoms with Gasteiger partial charge in [0.1, 0.15) is 5.82 Å². The second-order valence-corrected chi connectivity index (χ2v) is 4.38. The van der Waals surface area contributed by atoms with Gasteiger partial charge >= 0.3 is 0 Å². The minimum atomic E-state index is -0.280. The Morgan fingerprint density at radius 1 is 0.950 bits per heavy atom. The first kappa shape index (κ1) is 12.1. The van der Waals surface area contributed by atoms with Crippen molar-refractivity contribution in [2.75, 3.05) is 0 Å². The predicted molar refractivity (Wildman–Crippen MR) is 74.1 cm³/mol. The molecule has 0 aliphatic rings. The molecular formula is C16H10FN3. The van der Waals surface area contributed by atoms with Gasteiger partial charge in [-0.3, -0.25) is 5.10 Å². The largest absolute Gasteiger partial charge is 0.285 e. The van der Waals surface area contributed by atoms with Crippen LogP contribution >= 0.6 is 0 Å². The Labute approximate surface area is 115 Å². The lowest BCUT2D eigenvalue weighted by Gasteiger charge is -2.05. The summed E-state index contributed by atoms with van der Waals surface area (Å²) in [6.07, 6.45) is 1.73. The zero-order valence-corrected chi connectivity index (χ0v) is 10.5. The van der Waals surface area contributed by atoms with Crippen LogP contribution in [0, 0.1) is 17.1 Å². The van der Waals surface area contributed by atoms with Gasteiger partial charge < -0.3 is 0 Å². The average Bonchev–Trinajstić information content (AvgIpc) is 3.02. The van der Waals surface area contributed by atoms with Crippen molar-refractivity contribution in [3.63, 3.8) is 0 Å². The maximum atomic E-state index is 13.0. The number of rotatable bonds is 2. The highest BCUT2D eigenvalue weighted by atomic mass is 19.1. The van der Waals surface area contributed by atoms with Crippen molar-refractivity contribution in [2.24, 2.45) is 0 Å². The molecule has 0 atom stereocenters. The van der Waals surface area contributed by atoms with E-state index in [9.17, 15) is 4.39 Å². The number of aromatic nitrogens is 2. The molecule has 1 N–H and O–H groups in total. The van der Waals surface area contributed by atoms with Gasteiger partial charge in [0.2, 0.25) is 0 Å². The van der Waals surface area contributed by atoms with Crippen LogP contribution in [0.3, 0.4) is 0 Å². The minimum Gasteiger partial charge on any atom is -0.285 e. The van der Waals surface area contributed by atoms with E-state index < -0.39 is 0 Å². The molecule has 3 nitrogen and oxygen atoms in total. The summed E-state index contributed by atoms with van der Waals surface area (Å²) in [6, 6.07) is 15.7. The van der Waals surface area contributed by atoms with E-state index in [-0.39, 0.29) is 5.82 Å². The van der Waals surface area contributed by atoms with Crippen LogP contribution in [0.1, 0.15) is 5.56 Å². The number of nitriles is 1. The molecule has 0 fully saturated rings. The number of benzene rings is 2. The lowest BCUT2D eigenvalue weighted by molar-refractivity contribution is 0.628. The Kier molecular flexibility index (Phi) is 3.02. The fraction of sp³-hybridized carbons (Fsp3) is 0. The summed E-state index contributed by atoms with van der Waals surface area (Å²) in [5.41, 5.74) is 3.89. The van der Waals surface area contributed by atoms with Crippen molar-refractivity contribution < 1.29 is 4.39 Å². The molecule has 0 aliphatic heterocycles. The predicted octanol–water partition coefficient (Wildman–Crippen LogP) is 3.75. The van der Waals surface area contributed by atoms with Crippen LogP contribution in [0.15, 0.2) is 54.7 Å². The molecule has 0 saturated carbocycles. The molecule has 1 aromatic heterocycles. The Balaban J connectivity index is 2.14. The van der Waals surface area contributed by atoms with E-state index in [1.807, 2.05) is 12.1 Å². The van der Waals surface area contributed by atoms with Gasteiger partial charge in [0.25, 0.3) is 0 Å². The van der Waals surface area contributed by atoms with E-state index in [2.05, 4.69) is 16.3 Å². The highest BCUT2D eigenvalue weighted by Crippen LogP contribution is 2.27. The first-order valence-corrected chi connectivity index (χ1v) is 6.07. The zero-order valence-electron chi connectivity index (χ0n) is 10.5. The lowest BCUT2D eigenvalue weighted by Crippen LogP contribution is -1.86. The van der Waals surface area contributed by atoms with E-state index in [0.717, 1.165) is 22.4 Å². The molecule has 0 spiro atoms. The first-order valence-electron chi connectivity index (χ1n) is 6.07. The van der Waals surface area contributed by atoms with Crippen LogP contribution < -0.4 is 0 Å². The van der Waals surface area contributed by atoms with Gasteiger partial charge in [0, 0.05) is 11.8 Å². The van der Waals surface area contributed by atoms with E-state index in [1.165, 1.54) is 12.1 Å². The van der Waals surface area contributed by atoms with Crippen molar-refractivity contribution in [2.45, 2.75) is 0 Å². The van der Waals surface area contributed by atoms with Crippen LogP contribution in [0.2, 0.25) is 0 Å². The van der Waals surface area contributed by atoms with Gasteiger partial charge in [0.15, 0.2) is 0 Å². The van der Waals surface area contributed by atoms with Gasteiger partial charge in [-0.05, 0) is 47.5 Å². The summed E-state index contributed by atoms with van der Waals surface area (Å²) in [7, 11) is 0.